The minimum absolute atomic E-state index is 0.224. The van der Waals surface area contributed by atoms with Crippen molar-refractivity contribution in [2.24, 2.45) is 0 Å². The molecule has 0 amide bonds. The smallest absolute Gasteiger partial charge is 0.124 e. The van der Waals surface area contributed by atoms with E-state index in [-0.39, 0.29) is 6.61 Å². The summed E-state index contributed by atoms with van der Waals surface area (Å²) in [6.07, 6.45) is 1.66. The van der Waals surface area contributed by atoms with Crippen LogP contribution in [0.3, 0.4) is 0 Å². The Hall–Kier alpha value is -1.06. The second-order valence-corrected chi connectivity index (χ2v) is 3.41. The van der Waals surface area contributed by atoms with E-state index in [9.17, 15) is 0 Å². The molecule has 0 heterocycles. The molecule has 1 aromatic rings. The molecular formula is C12H18O3. The molecule has 0 radical (unpaired) electrons. The molecule has 0 aliphatic rings. The summed E-state index contributed by atoms with van der Waals surface area (Å²) < 4.78 is 10.3. The standard InChI is InChI=1S/C12H18O3/c1-14-9-11-6-5-10(4-3-7-13)8-12(11)15-2/h5-6,8,13H,3-4,7,9H2,1-2H3. The van der Waals surface area contributed by atoms with Crippen LogP contribution in [0.25, 0.3) is 0 Å². The van der Waals surface area contributed by atoms with E-state index >= 15 is 0 Å². The van der Waals surface area contributed by atoms with Gasteiger partial charge < -0.3 is 14.6 Å². The van der Waals surface area contributed by atoms with E-state index in [1.165, 1.54) is 5.56 Å². The van der Waals surface area contributed by atoms with Crippen molar-refractivity contribution in [1.82, 2.24) is 0 Å². The minimum Gasteiger partial charge on any atom is -0.496 e. The number of hydrogen-bond donors (Lipinski definition) is 1. The van der Waals surface area contributed by atoms with E-state index in [0.29, 0.717) is 6.61 Å². The Balaban J connectivity index is 2.77. The highest BCUT2D eigenvalue weighted by molar-refractivity contribution is 5.37. The van der Waals surface area contributed by atoms with Crippen LogP contribution < -0.4 is 4.74 Å². The van der Waals surface area contributed by atoms with E-state index in [1.54, 1.807) is 14.2 Å². The number of hydrogen-bond acceptors (Lipinski definition) is 3. The quantitative estimate of drug-likeness (QED) is 0.777. The molecule has 0 atom stereocenters. The second-order valence-electron chi connectivity index (χ2n) is 3.41. The van der Waals surface area contributed by atoms with Crippen LogP contribution in [0, 0.1) is 0 Å². The van der Waals surface area contributed by atoms with Gasteiger partial charge >= 0.3 is 0 Å². The highest BCUT2D eigenvalue weighted by atomic mass is 16.5. The van der Waals surface area contributed by atoms with E-state index < -0.39 is 0 Å². The minimum atomic E-state index is 0.224. The molecule has 0 fully saturated rings. The van der Waals surface area contributed by atoms with Crippen molar-refractivity contribution in [3.8, 4) is 5.75 Å². The first-order valence-corrected chi connectivity index (χ1v) is 5.07. The number of methoxy groups -OCH3 is 2. The van der Waals surface area contributed by atoms with Gasteiger partial charge in [-0.2, -0.15) is 0 Å². The lowest BCUT2D eigenvalue weighted by Gasteiger charge is -2.09. The van der Waals surface area contributed by atoms with Crippen LogP contribution in [0.4, 0.5) is 0 Å². The van der Waals surface area contributed by atoms with Gasteiger partial charge in [-0.05, 0) is 24.5 Å². The van der Waals surface area contributed by atoms with E-state index in [1.807, 2.05) is 18.2 Å². The normalized spacial score (nSPS) is 10.3. The lowest BCUT2D eigenvalue weighted by atomic mass is 10.1. The predicted octanol–water partition coefficient (Wildman–Crippen LogP) is 1.77. The largest absolute Gasteiger partial charge is 0.496 e. The van der Waals surface area contributed by atoms with Gasteiger partial charge in [0.25, 0.3) is 0 Å². The number of aryl methyl sites for hydroxylation is 1. The molecule has 0 spiro atoms. The summed E-state index contributed by atoms with van der Waals surface area (Å²) in [6.45, 7) is 0.783. The zero-order chi connectivity index (χ0) is 11.1. The fourth-order valence-electron chi connectivity index (χ4n) is 1.50. The van der Waals surface area contributed by atoms with Gasteiger partial charge in [0.15, 0.2) is 0 Å². The molecule has 1 N–H and O–H groups in total. The highest BCUT2D eigenvalue weighted by Gasteiger charge is 2.03. The van der Waals surface area contributed by atoms with Gasteiger partial charge in [-0.15, -0.1) is 0 Å². The van der Waals surface area contributed by atoms with Crippen LogP contribution in [0.1, 0.15) is 17.5 Å². The number of rotatable bonds is 6. The second kappa shape index (κ2) is 6.43. The Labute approximate surface area is 90.6 Å². The third kappa shape index (κ3) is 3.53. The molecule has 0 saturated heterocycles. The molecule has 0 unspecified atom stereocenters. The fourth-order valence-corrected chi connectivity index (χ4v) is 1.50. The van der Waals surface area contributed by atoms with Crippen molar-refractivity contribution in [2.75, 3.05) is 20.8 Å². The van der Waals surface area contributed by atoms with Crippen molar-refractivity contribution in [3.05, 3.63) is 29.3 Å². The molecule has 0 aliphatic heterocycles. The van der Waals surface area contributed by atoms with Crippen molar-refractivity contribution >= 4 is 0 Å². The Kier molecular flexibility index (Phi) is 5.15. The van der Waals surface area contributed by atoms with Crippen LogP contribution in [0.5, 0.6) is 5.75 Å². The molecule has 3 nitrogen and oxygen atoms in total. The van der Waals surface area contributed by atoms with Gasteiger partial charge in [-0.25, -0.2) is 0 Å². The maximum atomic E-state index is 8.74. The van der Waals surface area contributed by atoms with Gasteiger partial charge in [0.1, 0.15) is 5.75 Å². The van der Waals surface area contributed by atoms with Crippen LogP contribution in [-0.2, 0) is 17.8 Å². The monoisotopic (exact) mass is 210 g/mol. The molecule has 3 heteroatoms. The summed E-state index contributed by atoms with van der Waals surface area (Å²) in [7, 11) is 3.32. The lowest BCUT2D eigenvalue weighted by Crippen LogP contribution is -1.96. The Bertz CT molecular complexity index is 297. The Morgan fingerprint density at radius 2 is 2.07 bits per heavy atom. The van der Waals surface area contributed by atoms with Crippen molar-refractivity contribution < 1.29 is 14.6 Å². The van der Waals surface area contributed by atoms with Crippen molar-refractivity contribution in [1.29, 1.82) is 0 Å². The van der Waals surface area contributed by atoms with Gasteiger partial charge in [0.05, 0.1) is 13.7 Å². The summed E-state index contributed by atoms with van der Waals surface area (Å²) in [6, 6.07) is 6.06. The van der Waals surface area contributed by atoms with E-state index in [2.05, 4.69) is 0 Å². The molecule has 0 aromatic heterocycles. The van der Waals surface area contributed by atoms with Crippen LogP contribution in [-0.4, -0.2) is 25.9 Å². The Morgan fingerprint density at radius 3 is 2.67 bits per heavy atom. The maximum absolute atomic E-state index is 8.74. The molecule has 0 bridgehead atoms. The van der Waals surface area contributed by atoms with Gasteiger partial charge in [0.2, 0.25) is 0 Å². The van der Waals surface area contributed by atoms with E-state index in [0.717, 1.165) is 24.2 Å². The predicted molar refractivity (Wildman–Crippen MR) is 59.1 cm³/mol. The SMILES string of the molecule is COCc1ccc(CCCO)cc1OC. The van der Waals surface area contributed by atoms with Crippen molar-refractivity contribution in [3.63, 3.8) is 0 Å². The topological polar surface area (TPSA) is 38.7 Å². The highest BCUT2D eigenvalue weighted by Crippen LogP contribution is 2.21. The summed E-state index contributed by atoms with van der Waals surface area (Å²) in [5.41, 5.74) is 2.23. The summed E-state index contributed by atoms with van der Waals surface area (Å²) in [4.78, 5) is 0. The van der Waals surface area contributed by atoms with Gasteiger partial charge in [0, 0.05) is 19.3 Å². The third-order valence-electron chi connectivity index (χ3n) is 2.27. The average Bonchev–Trinajstić information content (AvgIpc) is 2.28. The van der Waals surface area contributed by atoms with Crippen LogP contribution in [0.2, 0.25) is 0 Å². The van der Waals surface area contributed by atoms with Crippen LogP contribution >= 0.6 is 0 Å². The van der Waals surface area contributed by atoms with Gasteiger partial charge in [-0.3, -0.25) is 0 Å². The Morgan fingerprint density at radius 1 is 1.27 bits per heavy atom. The molecule has 0 aliphatic carbocycles. The molecular weight excluding hydrogens is 192 g/mol. The third-order valence-corrected chi connectivity index (χ3v) is 2.27. The molecule has 15 heavy (non-hydrogen) atoms. The zero-order valence-corrected chi connectivity index (χ0v) is 9.32. The number of aliphatic hydroxyl groups is 1. The van der Waals surface area contributed by atoms with Crippen LogP contribution in [0.15, 0.2) is 18.2 Å². The fraction of sp³-hybridized carbons (Fsp3) is 0.500. The molecule has 1 aromatic carbocycles. The van der Waals surface area contributed by atoms with Crippen molar-refractivity contribution in [2.45, 2.75) is 19.4 Å². The maximum Gasteiger partial charge on any atom is 0.124 e. The number of ether oxygens (including phenoxy) is 2. The molecule has 1 rings (SSSR count). The molecule has 0 saturated carbocycles. The first-order valence-electron chi connectivity index (χ1n) is 5.07. The number of benzene rings is 1. The average molecular weight is 210 g/mol. The summed E-state index contributed by atoms with van der Waals surface area (Å²) in [5, 5.41) is 8.74. The number of aliphatic hydroxyl groups excluding tert-OH is 1. The van der Waals surface area contributed by atoms with Gasteiger partial charge in [-0.1, -0.05) is 12.1 Å². The first-order chi connectivity index (χ1) is 7.31. The van der Waals surface area contributed by atoms with E-state index in [4.69, 9.17) is 14.6 Å². The zero-order valence-electron chi connectivity index (χ0n) is 9.32. The lowest BCUT2D eigenvalue weighted by molar-refractivity contribution is 0.181. The summed E-state index contributed by atoms with van der Waals surface area (Å²) >= 11 is 0. The summed E-state index contributed by atoms with van der Waals surface area (Å²) in [5.74, 6) is 0.854. The first kappa shape index (κ1) is 12.0. The molecule has 84 valence electrons.